The number of anilines is 3. The Kier molecular flexibility index (Phi) is 4.68. The first kappa shape index (κ1) is 25.3. The number of fused-ring (bicyclic) bond motifs is 4. The number of furan rings is 1. The van der Waals surface area contributed by atoms with Crippen molar-refractivity contribution in [3.63, 3.8) is 0 Å². The van der Waals surface area contributed by atoms with Crippen molar-refractivity contribution in [2.45, 2.75) is 19.3 Å². The SMILES string of the molecule is CC1(C)c2cccc3c(N(c4ccccc4)c4cccc5oc6ccccc6c45)c4cccc5c6cccc7ccc1c(c76)c(c23)c45. The first-order valence-electron chi connectivity index (χ1n) is 16.5. The number of benzene rings is 9. The zero-order chi connectivity index (χ0) is 31.0. The van der Waals surface area contributed by atoms with E-state index in [2.05, 4.69) is 152 Å². The molecule has 10 aromatic rings. The molecule has 11 rings (SSSR count). The minimum Gasteiger partial charge on any atom is -0.456 e. The van der Waals surface area contributed by atoms with E-state index in [-0.39, 0.29) is 5.41 Å². The molecule has 1 aliphatic carbocycles. The quantitative estimate of drug-likeness (QED) is 0.148. The second-order valence-electron chi connectivity index (χ2n) is 13.6. The van der Waals surface area contributed by atoms with Crippen molar-refractivity contribution in [1.29, 1.82) is 0 Å². The molecule has 0 unspecified atom stereocenters. The molecule has 0 N–H and O–H groups in total. The van der Waals surface area contributed by atoms with Gasteiger partial charge in [0.25, 0.3) is 0 Å². The molecule has 1 aromatic heterocycles. The predicted molar refractivity (Wildman–Crippen MR) is 199 cm³/mol. The summed E-state index contributed by atoms with van der Waals surface area (Å²) in [6.07, 6.45) is 0. The van der Waals surface area contributed by atoms with Crippen molar-refractivity contribution >= 4 is 92.9 Å². The minimum atomic E-state index is -0.168. The lowest BCUT2D eigenvalue weighted by molar-refractivity contribution is 0.652. The Morgan fingerprint density at radius 2 is 1.06 bits per heavy atom. The summed E-state index contributed by atoms with van der Waals surface area (Å²) in [5.41, 5.74) is 7.86. The van der Waals surface area contributed by atoms with Crippen LogP contribution < -0.4 is 4.90 Å². The molecule has 9 aromatic carbocycles. The third-order valence-electron chi connectivity index (χ3n) is 10.9. The van der Waals surface area contributed by atoms with Crippen LogP contribution in [-0.4, -0.2) is 0 Å². The van der Waals surface area contributed by atoms with Crippen LogP contribution in [0.4, 0.5) is 17.1 Å². The summed E-state index contributed by atoms with van der Waals surface area (Å²) in [5.74, 6) is 0. The number of hydrogen-bond acceptors (Lipinski definition) is 2. The van der Waals surface area contributed by atoms with E-state index >= 15 is 0 Å². The molecule has 1 heterocycles. The zero-order valence-electron chi connectivity index (χ0n) is 26.1. The molecule has 0 aliphatic heterocycles. The van der Waals surface area contributed by atoms with Crippen LogP contribution in [0.25, 0.3) is 75.8 Å². The van der Waals surface area contributed by atoms with Gasteiger partial charge in [0.2, 0.25) is 0 Å². The van der Waals surface area contributed by atoms with Gasteiger partial charge in [0.1, 0.15) is 11.2 Å². The van der Waals surface area contributed by atoms with Crippen molar-refractivity contribution < 1.29 is 4.42 Å². The summed E-state index contributed by atoms with van der Waals surface area (Å²) in [5, 5.41) is 15.6. The molecule has 220 valence electrons. The fraction of sp³-hybridized carbons (Fsp3) is 0.0667. The molecule has 0 bridgehead atoms. The van der Waals surface area contributed by atoms with Gasteiger partial charge in [0.05, 0.1) is 16.8 Å². The number of rotatable bonds is 3. The highest BCUT2D eigenvalue weighted by atomic mass is 16.3. The average molecular weight is 600 g/mol. The molecule has 0 saturated carbocycles. The maximum Gasteiger partial charge on any atom is 0.137 e. The highest BCUT2D eigenvalue weighted by Crippen LogP contribution is 2.57. The molecular weight excluding hydrogens is 571 g/mol. The lowest BCUT2D eigenvalue weighted by Crippen LogP contribution is -2.23. The second-order valence-corrected chi connectivity index (χ2v) is 13.6. The van der Waals surface area contributed by atoms with Crippen LogP contribution >= 0.6 is 0 Å². The molecular formula is C45H29NO. The van der Waals surface area contributed by atoms with Crippen LogP contribution in [0.15, 0.2) is 144 Å². The Morgan fingerprint density at radius 3 is 1.94 bits per heavy atom. The number of para-hydroxylation sites is 2. The van der Waals surface area contributed by atoms with Crippen LogP contribution in [0.2, 0.25) is 0 Å². The minimum absolute atomic E-state index is 0.168. The molecule has 0 fully saturated rings. The van der Waals surface area contributed by atoms with Gasteiger partial charge < -0.3 is 9.32 Å². The van der Waals surface area contributed by atoms with Crippen LogP contribution in [-0.2, 0) is 5.41 Å². The predicted octanol–water partition coefficient (Wildman–Crippen LogP) is 12.9. The first-order chi connectivity index (χ1) is 23.1. The summed E-state index contributed by atoms with van der Waals surface area (Å²) in [4.78, 5) is 2.50. The molecule has 0 spiro atoms. The van der Waals surface area contributed by atoms with Gasteiger partial charge in [-0.25, -0.2) is 0 Å². The monoisotopic (exact) mass is 599 g/mol. The standard InChI is InChI=1S/C45H29NO/c1-45(2)33-20-10-19-32-40(33)43-39-29(28-16-8-12-26-24-25-34(45)42(43)38(26)28)17-9-18-31(39)44(32)46(27-13-4-3-5-14-27)35-21-11-23-37-41(35)30-15-6-7-22-36(30)47-37/h3-25H,1-2H3. The molecule has 47 heavy (non-hydrogen) atoms. The molecule has 0 atom stereocenters. The van der Waals surface area contributed by atoms with Crippen molar-refractivity contribution in [2.75, 3.05) is 4.90 Å². The summed E-state index contributed by atoms with van der Waals surface area (Å²) < 4.78 is 6.45. The van der Waals surface area contributed by atoms with Crippen molar-refractivity contribution in [1.82, 2.24) is 0 Å². The molecule has 1 aliphatic rings. The van der Waals surface area contributed by atoms with Gasteiger partial charge in [-0.05, 0) is 79.2 Å². The fourth-order valence-corrected chi connectivity index (χ4v) is 8.98. The first-order valence-corrected chi connectivity index (χ1v) is 16.5. The van der Waals surface area contributed by atoms with Gasteiger partial charge in [0, 0.05) is 32.6 Å². The highest BCUT2D eigenvalue weighted by Gasteiger charge is 2.36. The highest BCUT2D eigenvalue weighted by molar-refractivity contribution is 6.42. The van der Waals surface area contributed by atoms with Crippen LogP contribution in [0, 0.1) is 0 Å². The Hall–Kier alpha value is -5.86. The average Bonchev–Trinajstić information content (AvgIpc) is 3.50. The topological polar surface area (TPSA) is 16.4 Å². The number of hydrogen-bond donors (Lipinski definition) is 0. The third kappa shape index (κ3) is 3.06. The van der Waals surface area contributed by atoms with Gasteiger partial charge >= 0.3 is 0 Å². The van der Waals surface area contributed by atoms with Gasteiger partial charge in [0.15, 0.2) is 0 Å². The lowest BCUT2D eigenvalue weighted by Gasteiger charge is -2.37. The maximum absolute atomic E-state index is 6.45. The normalized spacial score (nSPS) is 13.9. The Morgan fingerprint density at radius 1 is 0.426 bits per heavy atom. The molecule has 0 saturated heterocycles. The van der Waals surface area contributed by atoms with E-state index in [9.17, 15) is 0 Å². The van der Waals surface area contributed by atoms with Gasteiger partial charge in [-0.1, -0.05) is 123 Å². The van der Waals surface area contributed by atoms with Crippen molar-refractivity contribution in [3.05, 3.63) is 151 Å². The van der Waals surface area contributed by atoms with Gasteiger partial charge in [-0.15, -0.1) is 0 Å². The lowest BCUT2D eigenvalue weighted by atomic mass is 9.68. The summed E-state index contributed by atoms with van der Waals surface area (Å²) >= 11 is 0. The van der Waals surface area contributed by atoms with Crippen LogP contribution in [0.3, 0.4) is 0 Å². The third-order valence-corrected chi connectivity index (χ3v) is 10.9. The van der Waals surface area contributed by atoms with Crippen LogP contribution in [0.5, 0.6) is 0 Å². The van der Waals surface area contributed by atoms with E-state index in [0.29, 0.717) is 0 Å². The van der Waals surface area contributed by atoms with E-state index in [1.54, 1.807) is 0 Å². The Bertz CT molecular complexity index is 2930. The smallest absolute Gasteiger partial charge is 0.137 e. The van der Waals surface area contributed by atoms with Crippen molar-refractivity contribution in [2.24, 2.45) is 0 Å². The summed E-state index contributed by atoms with van der Waals surface area (Å²) in [6.45, 7) is 4.81. The van der Waals surface area contributed by atoms with E-state index < -0.39 is 0 Å². The summed E-state index contributed by atoms with van der Waals surface area (Å²) in [6, 6.07) is 51.2. The largest absolute Gasteiger partial charge is 0.456 e. The second kappa shape index (κ2) is 8.69. The van der Waals surface area contributed by atoms with E-state index in [1.165, 1.54) is 70.7 Å². The molecule has 0 amide bonds. The van der Waals surface area contributed by atoms with E-state index in [1.807, 2.05) is 6.07 Å². The fourth-order valence-electron chi connectivity index (χ4n) is 8.98. The Labute approximate surface area is 271 Å². The van der Waals surface area contributed by atoms with Crippen LogP contribution in [0.1, 0.15) is 25.0 Å². The van der Waals surface area contributed by atoms with Gasteiger partial charge in [-0.3, -0.25) is 0 Å². The molecule has 2 heteroatoms. The molecule has 2 nitrogen and oxygen atoms in total. The number of nitrogens with zero attached hydrogens (tertiary/aromatic N) is 1. The Balaban J connectivity index is 1.42. The maximum atomic E-state index is 6.45. The summed E-state index contributed by atoms with van der Waals surface area (Å²) in [7, 11) is 0. The van der Waals surface area contributed by atoms with E-state index in [0.717, 1.165) is 33.3 Å². The zero-order valence-corrected chi connectivity index (χ0v) is 26.1. The van der Waals surface area contributed by atoms with Crippen molar-refractivity contribution in [3.8, 4) is 0 Å². The van der Waals surface area contributed by atoms with Gasteiger partial charge in [-0.2, -0.15) is 0 Å². The molecule has 0 radical (unpaired) electrons. The van der Waals surface area contributed by atoms with E-state index in [4.69, 9.17) is 4.42 Å².